The molecule has 1 aromatic rings. The molecule has 0 saturated heterocycles. The SMILES string of the molecule is CCC(CCC(C)=N)Oc1cc(Cl)cc(Cl)c1OC.Cl. The Hall–Kier alpha value is -0.640. The molecule has 0 radical (unpaired) electrons. The van der Waals surface area contributed by atoms with E-state index in [0.29, 0.717) is 27.3 Å². The number of halogens is 3. The second-order valence-electron chi connectivity index (χ2n) is 4.39. The molecule has 0 spiro atoms. The van der Waals surface area contributed by atoms with E-state index in [-0.39, 0.29) is 18.5 Å². The number of ether oxygens (including phenoxy) is 2. The van der Waals surface area contributed by atoms with E-state index in [1.54, 1.807) is 26.2 Å². The van der Waals surface area contributed by atoms with Crippen LogP contribution in [0.1, 0.15) is 33.1 Å². The van der Waals surface area contributed by atoms with Gasteiger partial charge >= 0.3 is 0 Å². The van der Waals surface area contributed by atoms with Gasteiger partial charge in [0.05, 0.1) is 18.2 Å². The van der Waals surface area contributed by atoms with Crippen molar-refractivity contribution < 1.29 is 9.47 Å². The van der Waals surface area contributed by atoms with Gasteiger partial charge in [0, 0.05) is 16.8 Å². The molecule has 0 aliphatic heterocycles. The average Bonchev–Trinajstić information content (AvgIpc) is 2.33. The van der Waals surface area contributed by atoms with Gasteiger partial charge in [-0.05, 0) is 32.3 Å². The summed E-state index contributed by atoms with van der Waals surface area (Å²) in [6.07, 6.45) is 2.37. The van der Waals surface area contributed by atoms with E-state index >= 15 is 0 Å². The normalized spacial score (nSPS) is 11.4. The second-order valence-corrected chi connectivity index (χ2v) is 5.23. The molecule has 0 heterocycles. The third-order valence-corrected chi connectivity index (χ3v) is 3.27. The lowest BCUT2D eigenvalue weighted by Crippen LogP contribution is -2.17. The molecule has 6 heteroatoms. The van der Waals surface area contributed by atoms with Crippen LogP contribution in [0.5, 0.6) is 11.5 Å². The van der Waals surface area contributed by atoms with Gasteiger partial charge in [-0.15, -0.1) is 12.4 Å². The molecule has 0 fully saturated rings. The van der Waals surface area contributed by atoms with Gasteiger partial charge < -0.3 is 14.9 Å². The number of rotatable bonds is 7. The van der Waals surface area contributed by atoms with E-state index in [4.69, 9.17) is 38.1 Å². The summed E-state index contributed by atoms with van der Waals surface area (Å²) in [6, 6.07) is 3.32. The fourth-order valence-electron chi connectivity index (χ4n) is 1.73. The van der Waals surface area contributed by atoms with Crippen molar-refractivity contribution in [1.29, 1.82) is 5.41 Å². The van der Waals surface area contributed by atoms with Gasteiger partial charge in [0.1, 0.15) is 0 Å². The van der Waals surface area contributed by atoms with Crippen LogP contribution in [0.15, 0.2) is 12.1 Å². The fourth-order valence-corrected chi connectivity index (χ4v) is 2.28. The molecule has 0 bridgehead atoms. The topological polar surface area (TPSA) is 42.3 Å². The van der Waals surface area contributed by atoms with Crippen LogP contribution in [-0.4, -0.2) is 18.9 Å². The molecule has 1 N–H and O–H groups in total. The van der Waals surface area contributed by atoms with Crippen molar-refractivity contribution in [3.63, 3.8) is 0 Å². The minimum Gasteiger partial charge on any atom is -0.491 e. The Kier molecular flexibility index (Phi) is 9.03. The Morgan fingerprint density at radius 1 is 1.35 bits per heavy atom. The van der Waals surface area contributed by atoms with Crippen molar-refractivity contribution in [2.45, 2.75) is 39.2 Å². The minimum absolute atomic E-state index is 0. The summed E-state index contributed by atoms with van der Waals surface area (Å²) in [5, 5.41) is 8.41. The molecule has 1 aromatic carbocycles. The molecule has 1 atom stereocenters. The highest BCUT2D eigenvalue weighted by molar-refractivity contribution is 6.35. The van der Waals surface area contributed by atoms with Crippen molar-refractivity contribution in [1.82, 2.24) is 0 Å². The summed E-state index contributed by atoms with van der Waals surface area (Å²) in [5.74, 6) is 1.05. The summed E-state index contributed by atoms with van der Waals surface area (Å²) in [4.78, 5) is 0. The smallest absolute Gasteiger partial charge is 0.179 e. The Morgan fingerprint density at radius 3 is 2.50 bits per heavy atom. The lowest BCUT2D eigenvalue weighted by Gasteiger charge is -2.20. The number of nitrogens with one attached hydrogen (secondary N) is 1. The number of benzene rings is 1. The standard InChI is InChI=1S/C14H19Cl2NO2.ClH/c1-4-11(6-5-9(2)17)19-13-8-10(15)7-12(16)14(13)18-3;/h7-8,11,17H,4-6H2,1-3H3;1H. The third-order valence-electron chi connectivity index (χ3n) is 2.77. The molecular weight excluding hydrogens is 321 g/mol. The third kappa shape index (κ3) is 5.78. The number of hydrogen-bond donors (Lipinski definition) is 1. The van der Waals surface area contributed by atoms with Gasteiger partial charge in [-0.2, -0.15) is 0 Å². The van der Waals surface area contributed by atoms with E-state index in [1.165, 1.54) is 0 Å². The Balaban J connectivity index is 0.00000361. The molecule has 3 nitrogen and oxygen atoms in total. The van der Waals surface area contributed by atoms with E-state index < -0.39 is 0 Å². The first-order valence-corrected chi connectivity index (χ1v) is 6.97. The summed E-state index contributed by atoms with van der Waals surface area (Å²) in [6.45, 7) is 3.84. The second kappa shape index (κ2) is 9.32. The van der Waals surface area contributed by atoms with Crippen LogP contribution in [0.25, 0.3) is 0 Å². The lowest BCUT2D eigenvalue weighted by atomic mass is 10.1. The molecule has 114 valence electrons. The molecule has 0 aromatic heterocycles. The van der Waals surface area contributed by atoms with Gasteiger partial charge in [0.2, 0.25) is 0 Å². The maximum absolute atomic E-state index is 7.47. The van der Waals surface area contributed by atoms with E-state index in [9.17, 15) is 0 Å². The summed E-state index contributed by atoms with van der Waals surface area (Å²) in [5.41, 5.74) is 0.651. The first kappa shape index (κ1) is 19.4. The Morgan fingerprint density at radius 2 is 2.00 bits per heavy atom. The first-order chi connectivity index (χ1) is 8.97. The average molecular weight is 341 g/mol. The maximum Gasteiger partial charge on any atom is 0.179 e. The molecule has 0 saturated carbocycles. The predicted molar refractivity (Wildman–Crippen MR) is 87.6 cm³/mol. The van der Waals surface area contributed by atoms with Crippen molar-refractivity contribution in [2.24, 2.45) is 0 Å². The van der Waals surface area contributed by atoms with Crippen LogP contribution in [-0.2, 0) is 0 Å². The van der Waals surface area contributed by atoms with Crippen LogP contribution < -0.4 is 9.47 Å². The van der Waals surface area contributed by atoms with Crippen molar-refractivity contribution in [2.75, 3.05) is 7.11 Å². The van der Waals surface area contributed by atoms with Gasteiger partial charge in [-0.25, -0.2) is 0 Å². The number of hydrogen-bond acceptors (Lipinski definition) is 3. The van der Waals surface area contributed by atoms with Gasteiger partial charge in [-0.1, -0.05) is 30.1 Å². The van der Waals surface area contributed by atoms with Crippen molar-refractivity contribution in [3.05, 3.63) is 22.2 Å². The van der Waals surface area contributed by atoms with Gasteiger partial charge in [0.15, 0.2) is 11.5 Å². The molecule has 20 heavy (non-hydrogen) atoms. The van der Waals surface area contributed by atoms with Crippen LogP contribution in [0.4, 0.5) is 0 Å². The lowest BCUT2D eigenvalue weighted by molar-refractivity contribution is 0.181. The van der Waals surface area contributed by atoms with Crippen molar-refractivity contribution >= 4 is 41.3 Å². The predicted octanol–water partition coefficient (Wildman–Crippen LogP) is 5.40. The minimum atomic E-state index is 0. The van der Waals surface area contributed by atoms with E-state index in [1.807, 2.05) is 6.92 Å². The van der Waals surface area contributed by atoms with Gasteiger partial charge in [0.25, 0.3) is 0 Å². The largest absolute Gasteiger partial charge is 0.491 e. The van der Waals surface area contributed by atoms with Crippen LogP contribution in [0, 0.1) is 5.41 Å². The molecule has 1 rings (SSSR count). The zero-order valence-electron chi connectivity index (χ0n) is 11.8. The molecule has 1 unspecified atom stereocenters. The molecule has 0 aliphatic carbocycles. The monoisotopic (exact) mass is 339 g/mol. The Labute approximate surface area is 136 Å². The zero-order chi connectivity index (χ0) is 14.4. The zero-order valence-corrected chi connectivity index (χ0v) is 14.2. The fraction of sp³-hybridized carbons (Fsp3) is 0.500. The molecular formula is C14H20Cl3NO2. The highest BCUT2D eigenvalue weighted by Gasteiger charge is 2.15. The van der Waals surface area contributed by atoms with E-state index in [0.717, 1.165) is 19.3 Å². The quantitative estimate of drug-likeness (QED) is 0.675. The van der Waals surface area contributed by atoms with Gasteiger partial charge in [-0.3, -0.25) is 0 Å². The summed E-state index contributed by atoms with van der Waals surface area (Å²) >= 11 is 12.0. The maximum atomic E-state index is 7.47. The highest BCUT2D eigenvalue weighted by atomic mass is 35.5. The highest BCUT2D eigenvalue weighted by Crippen LogP contribution is 2.38. The van der Waals surface area contributed by atoms with Crippen LogP contribution in [0.2, 0.25) is 10.0 Å². The summed E-state index contributed by atoms with van der Waals surface area (Å²) < 4.78 is 11.2. The Bertz CT molecular complexity index is 452. The van der Waals surface area contributed by atoms with Crippen LogP contribution in [0.3, 0.4) is 0 Å². The van der Waals surface area contributed by atoms with Crippen LogP contribution >= 0.6 is 35.6 Å². The summed E-state index contributed by atoms with van der Waals surface area (Å²) in [7, 11) is 1.55. The van der Waals surface area contributed by atoms with Crippen molar-refractivity contribution in [3.8, 4) is 11.5 Å². The van der Waals surface area contributed by atoms with E-state index in [2.05, 4.69) is 0 Å². The number of methoxy groups -OCH3 is 1. The molecule has 0 aliphatic rings. The molecule has 0 amide bonds. The first-order valence-electron chi connectivity index (χ1n) is 6.21.